The first-order valence-electron chi connectivity index (χ1n) is 10.7. The van der Waals surface area contributed by atoms with Crippen LogP contribution in [0.3, 0.4) is 0 Å². The van der Waals surface area contributed by atoms with Gasteiger partial charge in [0.05, 0.1) is 22.5 Å². The quantitative estimate of drug-likeness (QED) is 0.614. The van der Waals surface area contributed by atoms with Crippen molar-refractivity contribution in [3.63, 3.8) is 0 Å². The molecule has 2 saturated heterocycles. The van der Waals surface area contributed by atoms with E-state index in [2.05, 4.69) is 57.4 Å². The Kier molecular flexibility index (Phi) is 5.44. The maximum atomic E-state index is 11.9. The van der Waals surface area contributed by atoms with Gasteiger partial charge in [-0.3, -0.25) is 14.9 Å². The van der Waals surface area contributed by atoms with Gasteiger partial charge in [0.25, 0.3) is 11.1 Å². The molecule has 0 unspecified atom stereocenters. The highest BCUT2D eigenvalue weighted by Gasteiger charge is 2.25. The van der Waals surface area contributed by atoms with Crippen LogP contribution in [-0.4, -0.2) is 63.9 Å². The number of aromatic nitrogens is 3. The van der Waals surface area contributed by atoms with E-state index in [1.807, 2.05) is 12.3 Å². The summed E-state index contributed by atoms with van der Waals surface area (Å²) >= 11 is 0.886. The van der Waals surface area contributed by atoms with E-state index in [0.717, 1.165) is 61.3 Å². The van der Waals surface area contributed by atoms with E-state index in [1.165, 1.54) is 11.3 Å². The third-order valence-corrected chi connectivity index (χ3v) is 6.71. The fourth-order valence-corrected chi connectivity index (χ4v) is 4.77. The van der Waals surface area contributed by atoms with E-state index in [0.29, 0.717) is 10.6 Å². The predicted octanol–water partition coefficient (Wildman–Crippen LogP) is 3.03. The molecule has 32 heavy (non-hydrogen) atoms. The number of nitrogens with zero attached hydrogens (tertiary/aromatic N) is 5. The van der Waals surface area contributed by atoms with Gasteiger partial charge in [0.2, 0.25) is 0 Å². The summed E-state index contributed by atoms with van der Waals surface area (Å²) in [5, 5.41) is 6.57. The van der Waals surface area contributed by atoms with Gasteiger partial charge in [0, 0.05) is 37.4 Å². The molecule has 2 fully saturated rings. The summed E-state index contributed by atoms with van der Waals surface area (Å²) < 4.78 is 1.79. The van der Waals surface area contributed by atoms with Gasteiger partial charge in [-0.05, 0) is 61.1 Å². The largest absolute Gasteiger partial charge is 0.369 e. The number of fused-ring (bicyclic) bond motifs is 1. The summed E-state index contributed by atoms with van der Waals surface area (Å²) in [5.41, 5.74) is 5.85. The first kappa shape index (κ1) is 20.7. The Balaban J connectivity index is 1.50. The predicted molar refractivity (Wildman–Crippen MR) is 127 cm³/mol. The number of aryl methyl sites for hydroxylation is 1. The number of nitrogens with one attached hydrogen (secondary N) is 1. The fraction of sp³-hybridized carbons (Fsp3) is 0.304. The van der Waals surface area contributed by atoms with Crippen molar-refractivity contribution in [2.45, 2.75) is 13.3 Å². The second kappa shape index (κ2) is 8.40. The monoisotopic (exact) mass is 448 g/mol. The van der Waals surface area contributed by atoms with Crippen molar-refractivity contribution >= 4 is 40.3 Å². The summed E-state index contributed by atoms with van der Waals surface area (Å²) in [6.45, 7) is 6.39. The highest BCUT2D eigenvalue weighted by atomic mass is 32.2. The molecule has 2 aliphatic heterocycles. The number of anilines is 1. The number of rotatable bonds is 4. The summed E-state index contributed by atoms with van der Waals surface area (Å²) in [6, 6.07) is 10.2. The average Bonchev–Trinajstić information content (AvgIpc) is 3.36. The van der Waals surface area contributed by atoms with Gasteiger partial charge in [0.15, 0.2) is 5.65 Å². The van der Waals surface area contributed by atoms with Gasteiger partial charge in [-0.1, -0.05) is 13.0 Å². The minimum atomic E-state index is -0.389. The summed E-state index contributed by atoms with van der Waals surface area (Å²) in [7, 11) is 2.17. The molecule has 2 aromatic heterocycles. The summed E-state index contributed by atoms with van der Waals surface area (Å²) in [5.74, 6) is -0.389. The van der Waals surface area contributed by atoms with Gasteiger partial charge >= 0.3 is 0 Å². The molecule has 4 heterocycles. The van der Waals surface area contributed by atoms with Gasteiger partial charge in [-0.25, -0.2) is 9.50 Å². The average molecular weight is 449 g/mol. The lowest BCUT2D eigenvalue weighted by molar-refractivity contribution is -0.115. The topological polar surface area (TPSA) is 82.8 Å². The van der Waals surface area contributed by atoms with Crippen LogP contribution in [0.2, 0.25) is 0 Å². The van der Waals surface area contributed by atoms with Crippen molar-refractivity contribution in [1.29, 1.82) is 0 Å². The van der Waals surface area contributed by atoms with Crippen LogP contribution in [0, 0.1) is 0 Å². The van der Waals surface area contributed by atoms with Crippen LogP contribution in [-0.2, 0) is 11.2 Å². The van der Waals surface area contributed by atoms with Crippen molar-refractivity contribution in [3.05, 3.63) is 52.7 Å². The Labute approximate surface area is 190 Å². The van der Waals surface area contributed by atoms with Gasteiger partial charge in [0.1, 0.15) is 0 Å². The smallest absolute Gasteiger partial charge is 0.290 e. The second-order valence-electron chi connectivity index (χ2n) is 8.01. The van der Waals surface area contributed by atoms with Crippen LogP contribution in [0.25, 0.3) is 23.0 Å². The van der Waals surface area contributed by atoms with E-state index < -0.39 is 0 Å². The van der Waals surface area contributed by atoms with Crippen LogP contribution in [0.15, 0.2) is 41.4 Å². The van der Waals surface area contributed by atoms with E-state index in [1.54, 1.807) is 16.7 Å². The molecule has 0 aliphatic carbocycles. The Morgan fingerprint density at radius 2 is 1.94 bits per heavy atom. The molecule has 8 nitrogen and oxygen atoms in total. The number of piperazine rings is 1. The summed E-state index contributed by atoms with van der Waals surface area (Å²) in [6.07, 6.45) is 4.39. The Bertz CT molecular complexity index is 1240. The maximum Gasteiger partial charge on any atom is 0.290 e. The molecule has 1 N–H and O–H groups in total. The molecule has 3 aromatic rings. The van der Waals surface area contributed by atoms with E-state index in [-0.39, 0.29) is 11.1 Å². The lowest BCUT2D eigenvalue weighted by Crippen LogP contribution is -2.44. The first-order chi connectivity index (χ1) is 15.5. The van der Waals surface area contributed by atoms with Crippen LogP contribution in [0.4, 0.5) is 10.5 Å². The molecule has 5 rings (SSSR count). The number of likely N-dealkylation sites (N-methyl/N-ethyl adjacent to an activating group) is 1. The van der Waals surface area contributed by atoms with Gasteiger partial charge in [-0.15, -0.1) is 0 Å². The standard InChI is InChI=1S/C23H24N6O2S/c1-3-15-12-16(4-6-18(15)28-10-8-27(2)9-11-28)19-14-24-21-7-5-17(26-29(19)21)13-20-22(30)25-23(31)32-20/h4-7,12-14H,3,8-11H2,1-2H3,(H,25,30,31). The molecular weight excluding hydrogens is 424 g/mol. The maximum absolute atomic E-state index is 11.9. The molecule has 0 spiro atoms. The Morgan fingerprint density at radius 1 is 1.12 bits per heavy atom. The first-order valence-corrected chi connectivity index (χ1v) is 11.5. The van der Waals surface area contributed by atoms with Crippen molar-refractivity contribution in [3.8, 4) is 11.3 Å². The van der Waals surface area contributed by atoms with Crippen molar-refractivity contribution in [1.82, 2.24) is 24.8 Å². The minimum Gasteiger partial charge on any atom is -0.369 e. The van der Waals surface area contributed by atoms with Gasteiger partial charge in [-0.2, -0.15) is 5.10 Å². The Morgan fingerprint density at radius 3 is 2.66 bits per heavy atom. The highest BCUT2D eigenvalue weighted by molar-refractivity contribution is 8.18. The van der Waals surface area contributed by atoms with Crippen LogP contribution < -0.4 is 10.2 Å². The SMILES string of the molecule is CCc1cc(-c2cnc3ccc(C=C4SC(=O)NC4=O)nn23)ccc1N1CCN(C)CC1. The third-order valence-electron chi connectivity index (χ3n) is 5.90. The van der Waals surface area contributed by atoms with E-state index >= 15 is 0 Å². The van der Waals surface area contributed by atoms with Crippen LogP contribution in [0.5, 0.6) is 0 Å². The van der Waals surface area contributed by atoms with E-state index in [9.17, 15) is 9.59 Å². The molecule has 2 amide bonds. The highest BCUT2D eigenvalue weighted by Crippen LogP contribution is 2.30. The van der Waals surface area contributed by atoms with Gasteiger partial charge < -0.3 is 9.80 Å². The lowest BCUT2D eigenvalue weighted by Gasteiger charge is -2.35. The van der Waals surface area contributed by atoms with Crippen molar-refractivity contribution in [2.24, 2.45) is 0 Å². The number of imidazole rings is 1. The Hall–Kier alpha value is -3.17. The third kappa shape index (κ3) is 3.89. The van der Waals surface area contributed by atoms with Crippen LogP contribution >= 0.6 is 11.8 Å². The molecule has 1 aromatic carbocycles. The summed E-state index contributed by atoms with van der Waals surface area (Å²) in [4.78, 5) is 33.0. The number of carbonyl (C=O) groups excluding carboxylic acids is 2. The molecule has 0 saturated carbocycles. The minimum absolute atomic E-state index is 0.341. The normalized spacial score (nSPS) is 18.7. The fourth-order valence-electron chi connectivity index (χ4n) is 4.10. The second-order valence-corrected chi connectivity index (χ2v) is 9.03. The number of imide groups is 1. The number of amides is 2. The van der Waals surface area contributed by atoms with E-state index in [4.69, 9.17) is 0 Å². The molecule has 164 valence electrons. The van der Waals surface area contributed by atoms with Crippen molar-refractivity contribution in [2.75, 3.05) is 38.1 Å². The molecule has 0 radical (unpaired) electrons. The number of hydrogen-bond donors (Lipinski definition) is 1. The zero-order valence-corrected chi connectivity index (χ0v) is 18.9. The molecule has 0 atom stereocenters. The molecular formula is C23H24N6O2S. The number of thioether (sulfide) groups is 1. The molecule has 2 aliphatic rings. The zero-order valence-electron chi connectivity index (χ0n) is 18.0. The lowest BCUT2D eigenvalue weighted by atomic mass is 10.0. The van der Waals surface area contributed by atoms with Crippen LogP contribution in [0.1, 0.15) is 18.2 Å². The molecule has 9 heteroatoms. The number of hydrogen-bond acceptors (Lipinski definition) is 7. The zero-order chi connectivity index (χ0) is 22.2. The van der Waals surface area contributed by atoms with Crippen molar-refractivity contribution < 1.29 is 9.59 Å². The number of benzene rings is 1. The number of carbonyl (C=O) groups is 2. The molecule has 0 bridgehead atoms.